The van der Waals surface area contributed by atoms with Crippen LogP contribution < -0.4 is 0 Å². The number of alkyl halides is 3. The van der Waals surface area contributed by atoms with Crippen molar-refractivity contribution in [2.45, 2.75) is 26.4 Å². The highest BCUT2D eigenvalue weighted by Crippen LogP contribution is 2.19. The van der Waals surface area contributed by atoms with Crippen molar-refractivity contribution in [3.05, 3.63) is 23.8 Å². The number of allylic oxidation sites excluding steroid dienone is 4. The smallest absolute Gasteiger partial charge is 0.171 e. The highest BCUT2D eigenvalue weighted by atomic mass is 19.4. The van der Waals surface area contributed by atoms with Crippen molar-refractivity contribution in [3.63, 3.8) is 0 Å². The fourth-order valence-electron chi connectivity index (χ4n) is 0.475. The molecule has 0 aromatic rings. The summed E-state index contributed by atoms with van der Waals surface area (Å²) >= 11 is 0. The Kier molecular flexibility index (Phi) is 3.93. The third kappa shape index (κ3) is 7.16. The molecule has 0 saturated carbocycles. The van der Waals surface area contributed by atoms with Crippen LogP contribution in [0.3, 0.4) is 0 Å². The van der Waals surface area contributed by atoms with Crippen molar-refractivity contribution < 1.29 is 13.2 Å². The van der Waals surface area contributed by atoms with E-state index in [-0.39, 0.29) is 0 Å². The maximum Gasteiger partial charge on any atom is 0.392 e. The van der Waals surface area contributed by atoms with E-state index in [0.717, 1.165) is 11.6 Å². The lowest BCUT2D eigenvalue weighted by atomic mass is 10.2. The second kappa shape index (κ2) is 4.21. The minimum absolute atomic E-state index is 0.842. The van der Waals surface area contributed by atoms with E-state index in [1.54, 1.807) is 19.9 Å². The van der Waals surface area contributed by atoms with Crippen LogP contribution in [-0.2, 0) is 0 Å². The average Bonchev–Trinajstić information content (AvgIpc) is 1.85. The van der Waals surface area contributed by atoms with Gasteiger partial charge in [-0.1, -0.05) is 23.8 Å². The second-order valence-corrected chi connectivity index (χ2v) is 2.25. The summed E-state index contributed by atoms with van der Waals surface area (Å²) in [5, 5.41) is 0. The molecule has 0 rings (SSSR count). The normalized spacial score (nSPS) is 14.5. The minimum atomic E-state index is -4.08. The molecule has 0 aliphatic rings. The Morgan fingerprint density at radius 3 is 2.27 bits per heavy atom. The Morgan fingerprint density at radius 1 is 1.36 bits per heavy atom. The molecule has 3 heteroatoms. The first-order valence-electron chi connectivity index (χ1n) is 3.32. The molecule has 0 saturated heterocycles. The topological polar surface area (TPSA) is 0 Å². The molecule has 0 fully saturated rings. The molecular formula is C8H11F3. The van der Waals surface area contributed by atoms with E-state index in [2.05, 4.69) is 0 Å². The standard InChI is InChI=1S/C8H11F3/c1-3-7(2)5-4-6-8(9,10)11/h3-5H,6H2,1-2H3. The van der Waals surface area contributed by atoms with E-state index >= 15 is 0 Å². The molecule has 0 aromatic carbocycles. The predicted molar refractivity (Wildman–Crippen MR) is 39.2 cm³/mol. The van der Waals surface area contributed by atoms with Gasteiger partial charge >= 0.3 is 6.18 Å². The maximum atomic E-state index is 11.5. The third-order valence-electron chi connectivity index (χ3n) is 1.19. The summed E-state index contributed by atoms with van der Waals surface area (Å²) in [5.74, 6) is 0. The summed E-state index contributed by atoms with van der Waals surface area (Å²) in [6.07, 6.45) is -0.585. The predicted octanol–water partition coefficient (Wildman–Crippen LogP) is 3.46. The maximum absolute atomic E-state index is 11.5. The van der Waals surface area contributed by atoms with Crippen LogP contribution in [0.15, 0.2) is 23.8 Å². The molecule has 0 aromatic heterocycles. The molecule has 0 nitrogen and oxygen atoms in total. The van der Waals surface area contributed by atoms with Crippen LogP contribution in [0.2, 0.25) is 0 Å². The van der Waals surface area contributed by atoms with Crippen LogP contribution in [0.25, 0.3) is 0 Å². The van der Waals surface area contributed by atoms with E-state index in [4.69, 9.17) is 0 Å². The van der Waals surface area contributed by atoms with Crippen molar-refractivity contribution in [2.24, 2.45) is 0 Å². The number of hydrogen-bond donors (Lipinski definition) is 0. The van der Waals surface area contributed by atoms with Gasteiger partial charge in [0.05, 0.1) is 6.42 Å². The van der Waals surface area contributed by atoms with Gasteiger partial charge in [0.2, 0.25) is 0 Å². The van der Waals surface area contributed by atoms with E-state index in [1.165, 1.54) is 6.08 Å². The monoisotopic (exact) mass is 164 g/mol. The number of halogens is 3. The molecule has 64 valence electrons. The lowest BCUT2D eigenvalue weighted by Gasteiger charge is -1.99. The molecule has 0 radical (unpaired) electrons. The van der Waals surface area contributed by atoms with Gasteiger partial charge in [0, 0.05) is 0 Å². The van der Waals surface area contributed by atoms with Crippen LogP contribution in [0.5, 0.6) is 0 Å². The Hall–Kier alpha value is -0.730. The van der Waals surface area contributed by atoms with Gasteiger partial charge in [-0.25, -0.2) is 0 Å². The second-order valence-electron chi connectivity index (χ2n) is 2.25. The van der Waals surface area contributed by atoms with Crippen molar-refractivity contribution in [2.75, 3.05) is 0 Å². The van der Waals surface area contributed by atoms with Crippen molar-refractivity contribution >= 4 is 0 Å². The zero-order valence-corrected chi connectivity index (χ0v) is 6.57. The van der Waals surface area contributed by atoms with Crippen LogP contribution in [-0.4, -0.2) is 6.18 Å². The summed E-state index contributed by atoms with van der Waals surface area (Å²) in [6, 6.07) is 0. The van der Waals surface area contributed by atoms with Crippen LogP contribution in [0.4, 0.5) is 13.2 Å². The molecule has 0 aliphatic carbocycles. The summed E-state index contributed by atoms with van der Waals surface area (Å²) in [4.78, 5) is 0. The number of rotatable bonds is 2. The molecule has 0 bridgehead atoms. The summed E-state index contributed by atoms with van der Waals surface area (Å²) in [7, 11) is 0. The summed E-state index contributed by atoms with van der Waals surface area (Å²) in [5.41, 5.74) is 0.842. The Bertz CT molecular complexity index is 163. The third-order valence-corrected chi connectivity index (χ3v) is 1.19. The lowest BCUT2D eigenvalue weighted by molar-refractivity contribution is -0.125. The fourth-order valence-corrected chi connectivity index (χ4v) is 0.475. The van der Waals surface area contributed by atoms with E-state index < -0.39 is 12.6 Å². The zero-order valence-electron chi connectivity index (χ0n) is 6.57. The van der Waals surface area contributed by atoms with Crippen LogP contribution >= 0.6 is 0 Å². The van der Waals surface area contributed by atoms with Gasteiger partial charge in [0.25, 0.3) is 0 Å². The Balaban J connectivity index is 3.79. The van der Waals surface area contributed by atoms with Crippen molar-refractivity contribution in [1.29, 1.82) is 0 Å². The van der Waals surface area contributed by atoms with E-state index in [0.29, 0.717) is 0 Å². The van der Waals surface area contributed by atoms with Crippen molar-refractivity contribution in [3.8, 4) is 0 Å². The molecule has 0 unspecified atom stereocenters. The van der Waals surface area contributed by atoms with Gasteiger partial charge < -0.3 is 0 Å². The molecule has 0 heterocycles. The quantitative estimate of drug-likeness (QED) is 0.548. The van der Waals surface area contributed by atoms with Crippen molar-refractivity contribution in [1.82, 2.24) is 0 Å². The molecule has 0 atom stereocenters. The SMILES string of the molecule is CC=C(C)C=CCC(F)(F)F. The molecule has 0 N–H and O–H groups in total. The highest BCUT2D eigenvalue weighted by molar-refractivity contribution is 5.14. The zero-order chi connectivity index (χ0) is 8.91. The van der Waals surface area contributed by atoms with Gasteiger partial charge in [-0.2, -0.15) is 13.2 Å². The highest BCUT2D eigenvalue weighted by Gasteiger charge is 2.24. The minimum Gasteiger partial charge on any atom is -0.171 e. The first-order valence-corrected chi connectivity index (χ1v) is 3.32. The van der Waals surface area contributed by atoms with Gasteiger partial charge in [-0.05, 0) is 13.8 Å². The molecular weight excluding hydrogens is 153 g/mol. The lowest BCUT2D eigenvalue weighted by Crippen LogP contribution is -2.03. The van der Waals surface area contributed by atoms with Gasteiger partial charge in [-0.3, -0.25) is 0 Å². The van der Waals surface area contributed by atoms with Gasteiger partial charge in [-0.15, -0.1) is 0 Å². The van der Waals surface area contributed by atoms with Gasteiger partial charge in [0.1, 0.15) is 0 Å². The largest absolute Gasteiger partial charge is 0.392 e. The Labute approximate surface area is 64.4 Å². The number of hydrogen-bond acceptors (Lipinski definition) is 0. The first-order chi connectivity index (χ1) is 4.95. The van der Waals surface area contributed by atoms with Crippen LogP contribution in [0.1, 0.15) is 20.3 Å². The molecule has 0 amide bonds. The van der Waals surface area contributed by atoms with E-state index in [1.807, 2.05) is 0 Å². The fraction of sp³-hybridized carbons (Fsp3) is 0.500. The van der Waals surface area contributed by atoms with Gasteiger partial charge in [0.15, 0.2) is 0 Å². The molecule has 0 aliphatic heterocycles. The van der Waals surface area contributed by atoms with Crippen LogP contribution in [0, 0.1) is 0 Å². The summed E-state index contributed by atoms with van der Waals surface area (Å²) in [6.45, 7) is 3.54. The first kappa shape index (κ1) is 10.3. The Morgan fingerprint density at radius 2 is 1.91 bits per heavy atom. The molecule has 0 spiro atoms. The summed E-state index contributed by atoms with van der Waals surface area (Å²) < 4.78 is 34.6. The average molecular weight is 164 g/mol. The molecule has 11 heavy (non-hydrogen) atoms. The van der Waals surface area contributed by atoms with E-state index in [9.17, 15) is 13.2 Å².